The van der Waals surface area contributed by atoms with Crippen LogP contribution in [-0.2, 0) is 9.84 Å². The van der Waals surface area contributed by atoms with Gasteiger partial charge in [-0.3, -0.25) is 0 Å². The largest absolute Gasteiger partial charge is 0.478 e. The predicted molar refractivity (Wildman–Crippen MR) is 53.1 cm³/mol. The molecule has 14 heavy (non-hydrogen) atoms. The topological polar surface area (TPSA) is 56.3 Å². The molecule has 0 radical (unpaired) electrons. The highest BCUT2D eigenvalue weighted by Gasteiger charge is 2.06. The average Bonchev–Trinajstić information content (AvgIpc) is 2.14. The van der Waals surface area contributed by atoms with E-state index < -0.39 is 9.84 Å². The molecule has 0 unspecified atom stereocenters. The molecule has 0 spiro atoms. The zero-order valence-corrected chi connectivity index (χ0v) is 9.04. The lowest BCUT2D eigenvalue weighted by molar-refractivity contribution is 0.305. The summed E-state index contributed by atoms with van der Waals surface area (Å²) in [5.41, 5.74) is 0. The fourth-order valence-electron chi connectivity index (χ4n) is 0.878. The third-order valence-corrected chi connectivity index (χ3v) is 2.69. The number of pyridine rings is 1. The third-order valence-electron chi connectivity index (χ3n) is 1.59. The van der Waals surface area contributed by atoms with Gasteiger partial charge in [-0.1, -0.05) is 6.92 Å². The van der Waals surface area contributed by atoms with Crippen LogP contribution in [0, 0.1) is 0 Å². The monoisotopic (exact) mass is 215 g/mol. The normalized spacial score (nSPS) is 11.3. The summed E-state index contributed by atoms with van der Waals surface area (Å²) in [6.45, 7) is 2.58. The van der Waals surface area contributed by atoms with Crippen LogP contribution in [0.2, 0.25) is 0 Å². The van der Waals surface area contributed by atoms with Crippen molar-refractivity contribution in [3.05, 3.63) is 18.3 Å². The zero-order valence-electron chi connectivity index (χ0n) is 8.23. The van der Waals surface area contributed by atoms with E-state index in [1.165, 1.54) is 12.3 Å². The first-order chi connectivity index (χ1) is 6.54. The van der Waals surface area contributed by atoms with Crippen molar-refractivity contribution in [2.45, 2.75) is 18.2 Å². The molecule has 5 heteroatoms. The van der Waals surface area contributed by atoms with E-state index in [2.05, 4.69) is 4.98 Å². The van der Waals surface area contributed by atoms with Crippen LogP contribution < -0.4 is 4.74 Å². The molecule has 0 atom stereocenters. The van der Waals surface area contributed by atoms with Crippen LogP contribution in [0.4, 0.5) is 0 Å². The van der Waals surface area contributed by atoms with Crippen LogP contribution in [0.25, 0.3) is 0 Å². The van der Waals surface area contributed by atoms with Gasteiger partial charge in [-0.2, -0.15) is 0 Å². The lowest BCUT2D eigenvalue weighted by Crippen LogP contribution is -2.00. The molecule has 1 aromatic rings. The van der Waals surface area contributed by atoms with Gasteiger partial charge in [-0.15, -0.1) is 0 Å². The van der Waals surface area contributed by atoms with Gasteiger partial charge < -0.3 is 4.74 Å². The minimum Gasteiger partial charge on any atom is -0.478 e. The van der Waals surface area contributed by atoms with E-state index in [1.807, 2.05) is 6.92 Å². The fraction of sp³-hybridized carbons (Fsp3) is 0.444. The molecule has 4 nitrogen and oxygen atoms in total. The Morgan fingerprint density at radius 1 is 1.43 bits per heavy atom. The van der Waals surface area contributed by atoms with E-state index in [0.29, 0.717) is 12.5 Å². The Balaban J connectivity index is 2.79. The van der Waals surface area contributed by atoms with Crippen molar-refractivity contribution in [2.75, 3.05) is 12.9 Å². The second kappa shape index (κ2) is 4.41. The summed E-state index contributed by atoms with van der Waals surface area (Å²) in [4.78, 5) is 4.09. The molecule has 0 aliphatic heterocycles. The lowest BCUT2D eigenvalue weighted by atomic mass is 10.5. The molecule has 78 valence electrons. The van der Waals surface area contributed by atoms with Gasteiger partial charge in [0.2, 0.25) is 5.88 Å². The predicted octanol–water partition coefficient (Wildman–Crippen LogP) is 1.27. The molecule has 1 rings (SSSR count). The van der Waals surface area contributed by atoms with Crippen LogP contribution in [0.3, 0.4) is 0 Å². The number of hydrogen-bond donors (Lipinski definition) is 0. The van der Waals surface area contributed by atoms with E-state index in [4.69, 9.17) is 4.74 Å². The number of sulfone groups is 1. The van der Waals surface area contributed by atoms with Crippen molar-refractivity contribution in [3.63, 3.8) is 0 Å². The first kappa shape index (κ1) is 11.0. The molecule has 0 aliphatic carbocycles. The van der Waals surface area contributed by atoms with E-state index in [0.717, 1.165) is 12.7 Å². The summed E-state index contributed by atoms with van der Waals surface area (Å²) >= 11 is 0. The molecule has 1 heterocycles. The molecule has 0 aliphatic rings. The maximum Gasteiger partial charge on any atom is 0.213 e. The van der Waals surface area contributed by atoms with Crippen LogP contribution in [0.1, 0.15) is 13.3 Å². The summed E-state index contributed by atoms with van der Waals surface area (Å²) in [5, 5.41) is 0. The van der Waals surface area contributed by atoms with Gasteiger partial charge >= 0.3 is 0 Å². The first-order valence-corrected chi connectivity index (χ1v) is 6.22. The van der Waals surface area contributed by atoms with Gasteiger partial charge in [0.1, 0.15) is 0 Å². The Hall–Kier alpha value is -1.10. The van der Waals surface area contributed by atoms with E-state index >= 15 is 0 Å². The zero-order chi connectivity index (χ0) is 10.6. The summed E-state index contributed by atoms with van der Waals surface area (Å²) in [6, 6.07) is 3.05. The van der Waals surface area contributed by atoms with Crippen molar-refractivity contribution in [2.24, 2.45) is 0 Å². The number of rotatable bonds is 4. The maximum absolute atomic E-state index is 11.1. The highest BCUT2D eigenvalue weighted by atomic mass is 32.2. The molecule has 0 amide bonds. The van der Waals surface area contributed by atoms with Crippen LogP contribution in [0.5, 0.6) is 5.88 Å². The molecule has 0 bridgehead atoms. The third kappa shape index (κ3) is 2.99. The lowest BCUT2D eigenvalue weighted by Gasteiger charge is -2.03. The van der Waals surface area contributed by atoms with Crippen molar-refractivity contribution in [3.8, 4) is 5.88 Å². The summed E-state index contributed by atoms with van der Waals surface area (Å²) in [5.74, 6) is 0.458. The van der Waals surface area contributed by atoms with Gasteiger partial charge in [0, 0.05) is 18.5 Å². The number of hydrogen-bond acceptors (Lipinski definition) is 4. The Morgan fingerprint density at radius 2 is 2.14 bits per heavy atom. The molecule has 1 aromatic heterocycles. The van der Waals surface area contributed by atoms with E-state index in [-0.39, 0.29) is 4.90 Å². The average molecular weight is 215 g/mol. The number of aromatic nitrogens is 1. The second-order valence-electron chi connectivity index (χ2n) is 2.95. The molecule has 0 saturated carbocycles. The van der Waals surface area contributed by atoms with Crippen molar-refractivity contribution >= 4 is 9.84 Å². The van der Waals surface area contributed by atoms with Crippen molar-refractivity contribution in [1.29, 1.82) is 0 Å². The summed E-state index contributed by atoms with van der Waals surface area (Å²) in [6.07, 6.45) is 3.35. The molecule has 0 saturated heterocycles. The second-order valence-corrected chi connectivity index (χ2v) is 4.97. The van der Waals surface area contributed by atoms with Gasteiger partial charge in [0.15, 0.2) is 9.84 Å². The van der Waals surface area contributed by atoms with Crippen molar-refractivity contribution < 1.29 is 13.2 Å². The number of ether oxygens (including phenoxy) is 1. The Labute approximate surface area is 83.8 Å². The Kier molecular flexibility index (Phi) is 3.46. The first-order valence-electron chi connectivity index (χ1n) is 4.33. The quantitative estimate of drug-likeness (QED) is 0.759. The summed E-state index contributed by atoms with van der Waals surface area (Å²) < 4.78 is 27.4. The standard InChI is InChI=1S/C9H13NO3S/c1-3-6-13-9-5-4-8(7-10-9)14(2,11)12/h4-5,7H,3,6H2,1-2H3. The SMILES string of the molecule is CCCOc1ccc(S(C)(=O)=O)cn1. The molecule has 0 N–H and O–H groups in total. The van der Waals surface area contributed by atoms with Crippen LogP contribution in [0.15, 0.2) is 23.2 Å². The highest BCUT2D eigenvalue weighted by Crippen LogP contribution is 2.11. The maximum atomic E-state index is 11.1. The van der Waals surface area contributed by atoms with Crippen LogP contribution >= 0.6 is 0 Å². The Morgan fingerprint density at radius 3 is 2.57 bits per heavy atom. The smallest absolute Gasteiger partial charge is 0.213 e. The van der Waals surface area contributed by atoms with Gasteiger partial charge in [-0.25, -0.2) is 13.4 Å². The fourth-order valence-corrected chi connectivity index (χ4v) is 1.44. The van der Waals surface area contributed by atoms with Gasteiger partial charge in [0.25, 0.3) is 0 Å². The number of nitrogens with zero attached hydrogens (tertiary/aromatic N) is 1. The van der Waals surface area contributed by atoms with Gasteiger partial charge in [-0.05, 0) is 12.5 Å². The Bertz CT molecular complexity index is 383. The minimum absolute atomic E-state index is 0.210. The molecule has 0 fully saturated rings. The highest BCUT2D eigenvalue weighted by molar-refractivity contribution is 7.90. The van der Waals surface area contributed by atoms with Crippen molar-refractivity contribution in [1.82, 2.24) is 4.98 Å². The van der Waals surface area contributed by atoms with Gasteiger partial charge in [0.05, 0.1) is 11.5 Å². The van der Waals surface area contributed by atoms with E-state index in [1.54, 1.807) is 6.07 Å². The van der Waals surface area contributed by atoms with Crippen LogP contribution in [-0.4, -0.2) is 26.3 Å². The molecule has 0 aromatic carbocycles. The molecular formula is C9H13NO3S. The molecular weight excluding hydrogens is 202 g/mol. The summed E-state index contributed by atoms with van der Waals surface area (Å²) in [7, 11) is -3.16. The van der Waals surface area contributed by atoms with E-state index in [9.17, 15) is 8.42 Å². The minimum atomic E-state index is -3.16.